The van der Waals surface area contributed by atoms with Crippen molar-refractivity contribution in [2.45, 2.75) is 58.7 Å². The number of rotatable bonds is 4. The summed E-state index contributed by atoms with van der Waals surface area (Å²) >= 11 is 0. The van der Waals surface area contributed by atoms with Crippen LogP contribution in [0.2, 0.25) is 0 Å². The van der Waals surface area contributed by atoms with Crippen molar-refractivity contribution >= 4 is 0 Å². The fraction of sp³-hybridized carbons (Fsp3) is 1.00. The van der Waals surface area contributed by atoms with Crippen molar-refractivity contribution in [2.24, 2.45) is 17.1 Å². The standard InChI is InChI=1S/C13H27NO2/c1-5-12(4,9-14)13(15)6-7-16-11(8-13)10(2)3/h10-11,15H,5-9,14H2,1-4H3. The normalized spacial score (nSPS) is 35.1. The van der Waals surface area contributed by atoms with E-state index in [0.29, 0.717) is 31.9 Å². The molecule has 3 atom stereocenters. The molecule has 0 aromatic rings. The third kappa shape index (κ3) is 2.41. The van der Waals surface area contributed by atoms with Crippen LogP contribution in [0, 0.1) is 11.3 Å². The third-order valence-corrected chi connectivity index (χ3v) is 4.48. The van der Waals surface area contributed by atoms with Crippen LogP contribution in [0.15, 0.2) is 0 Å². The number of hydrogen-bond donors (Lipinski definition) is 2. The lowest BCUT2D eigenvalue weighted by atomic mass is 9.65. The Bertz CT molecular complexity index is 226. The Morgan fingerprint density at radius 3 is 2.62 bits per heavy atom. The van der Waals surface area contributed by atoms with Gasteiger partial charge in [-0.1, -0.05) is 27.7 Å². The minimum absolute atomic E-state index is 0.163. The van der Waals surface area contributed by atoms with Crippen molar-refractivity contribution in [3.05, 3.63) is 0 Å². The first-order valence-corrected chi connectivity index (χ1v) is 6.42. The van der Waals surface area contributed by atoms with Crippen LogP contribution in [0.4, 0.5) is 0 Å². The van der Waals surface area contributed by atoms with E-state index in [0.717, 1.165) is 6.42 Å². The van der Waals surface area contributed by atoms with Gasteiger partial charge in [0.05, 0.1) is 11.7 Å². The summed E-state index contributed by atoms with van der Waals surface area (Å²) < 4.78 is 5.72. The Labute approximate surface area is 99.4 Å². The molecule has 0 aliphatic carbocycles. The third-order valence-electron chi connectivity index (χ3n) is 4.48. The molecule has 1 rings (SSSR count). The van der Waals surface area contributed by atoms with Gasteiger partial charge in [-0.15, -0.1) is 0 Å². The first kappa shape index (κ1) is 13.9. The summed E-state index contributed by atoms with van der Waals surface area (Å²) in [5.41, 5.74) is 5.00. The van der Waals surface area contributed by atoms with Gasteiger partial charge in [0.2, 0.25) is 0 Å². The largest absolute Gasteiger partial charge is 0.389 e. The first-order valence-electron chi connectivity index (χ1n) is 6.42. The van der Waals surface area contributed by atoms with Gasteiger partial charge in [-0.3, -0.25) is 0 Å². The van der Waals surface area contributed by atoms with E-state index in [4.69, 9.17) is 10.5 Å². The molecule has 1 heterocycles. The van der Waals surface area contributed by atoms with Gasteiger partial charge < -0.3 is 15.6 Å². The predicted molar refractivity (Wildman–Crippen MR) is 66.2 cm³/mol. The highest BCUT2D eigenvalue weighted by Crippen LogP contribution is 2.43. The van der Waals surface area contributed by atoms with Crippen LogP contribution in [0.1, 0.15) is 47.0 Å². The van der Waals surface area contributed by atoms with E-state index in [1.54, 1.807) is 0 Å². The van der Waals surface area contributed by atoms with Gasteiger partial charge in [-0.2, -0.15) is 0 Å². The van der Waals surface area contributed by atoms with Gasteiger partial charge in [0.1, 0.15) is 0 Å². The number of nitrogens with two attached hydrogens (primary N) is 1. The van der Waals surface area contributed by atoms with Gasteiger partial charge in [-0.25, -0.2) is 0 Å². The molecule has 0 amide bonds. The molecule has 1 saturated heterocycles. The van der Waals surface area contributed by atoms with Crippen LogP contribution >= 0.6 is 0 Å². The minimum Gasteiger partial charge on any atom is -0.389 e. The molecular weight excluding hydrogens is 202 g/mol. The molecule has 1 aliphatic heterocycles. The first-order chi connectivity index (χ1) is 7.38. The summed E-state index contributed by atoms with van der Waals surface area (Å²) in [4.78, 5) is 0. The maximum Gasteiger partial charge on any atom is 0.0759 e. The SMILES string of the molecule is CCC(C)(CN)C1(O)CCOC(C(C)C)C1. The zero-order valence-corrected chi connectivity index (χ0v) is 11.1. The van der Waals surface area contributed by atoms with E-state index in [1.807, 2.05) is 0 Å². The molecule has 3 nitrogen and oxygen atoms in total. The average Bonchev–Trinajstić information content (AvgIpc) is 2.27. The minimum atomic E-state index is -0.663. The van der Waals surface area contributed by atoms with Gasteiger partial charge in [0, 0.05) is 31.4 Å². The second kappa shape index (κ2) is 5.03. The molecule has 1 aliphatic rings. The van der Waals surface area contributed by atoms with Crippen LogP contribution in [0.25, 0.3) is 0 Å². The van der Waals surface area contributed by atoms with E-state index in [1.165, 1.54) is 0 Å². The maximum atomic E-state index is 10.8. The lowest BCUT2D eigenvalue weighted by Crippen LogP contribution is -2.56. The van der Waals surface area contributed by atoms with E-state index >= 15 is 0 Å². The molecule has 3 N–H and O–H groups in total. The molecule has 3 heteroatoms. The van der Waals surface area contributed by atoms with Crippen molar-refractivity contribution < 1.29 is 9.84 Å². The molecule has 0 spiro atoms. The maximum absolute atomic E-state index is 10.8. The lowest BCUT2D eigenvalue weighted by molar-refractivity contribution is -0.170. The molecule has 0 bridgehead atoms. The summed E-state index contributed by atoms with van der Waals surface area (Å²) in [6.45, 7) is 9.66. The molecule has 0 radical (unpaired) electrons. The smallest absolute Gasteiger partial charge is 0.0759 e. The zero-order chi connectivity index (χ0) is 12.4. The Morgan fingerprint density at radius 2 is 2.19 bits per heavy atom. The Kier molecular flexibility index (Phi) is 4.38. The molecule has 0 aromatic carbocycles. The molecular formula is C13H27NO2. The fourth-order valence-corrected chi connectivity index (χ4v) is 2.51. The highest BCUT2D eigenvalue weighted by atomic mass is 16.5. The number of ether oxygens (including phenoxy) is 1. The molecule has 3 unspecified atom stereocenters. The van der Waals surface area contributed by atoms with E-state index in [9.17, 15) is 5.11 Å². The highest BCUT2D eigenvalue weighted by Gasteiger charge is 2.48. The monoisotopic (exact) mass is 229 g/mol. The topological polar surface area (TPSA) is 55.5 Å². The van der Waals surface area contributed by atoms with Gasteiger partial charge in [0.25, 0.3) is 0 Å². The van der Waals surface area contributed by atoms with Crippen LogP contribution < -0.4 is 5.73 Å². The second-order valence-electron chi connectivity index (χ2n) is 5.76. The van der Waals surface area contributed by atoms with Gasteiger partial charge in [-0.05, 0) is 12.3 Å². The van der Waals surface area contributed by atoms with Crippen molar-refractivity contribution in [3.63, 3.8) is 0 Å². The highest BCUT2D eigenvalue weighted by molar-refractivity contribution is 4.99. The van der Waals surface area contributed by atoms with E-state index in [-0.39, 0.29) is 11.5 Å². The van der Waals surface area contributed by atoms with Crippen LogP contribution in [0.3, 0.4) is 0 Å². The molecule has 0 aromatic heterocycles. The van der Waals surface area contributed by atoms with Crippen molar-refractivity contribution in [2.75, 3.05) is 13.2 Å². The van der Waals surface area contributed by atoms with Crippen LogP contribution in [-0.4, -0.2) is 30.0 Å². The fourth-order valence-electron chi connectivity index (χ4n) is 2.51. The second-order valence-corrected chi connectivity index (χ2v) is 5.76. The lowest BCUT2D eigenvalue weighted by Gasteiger charge is -2.49. The summed E-state index contributed by atoms with van der Waals surface area (Å²) in [5, 5.41) is 10.8. The summed E-state index contributed by atoms with van der Waals surface area (Å²) in [6.07, 6.45) is 2.49. The summed E-state index contributed by atoms with van der Waals surface area (Å²) in [7, 11) is 0. The van der Waals surface area contributed by atoms with Gasteiger partial charge in [0.15, 0.2) is 0 Å². The Hall–Kier alpha value is -0.120. The molecule has 96 valence electrons. The summed E-state index contributed by atoms with van der Waals surface area (Å²) in [5.74, 6) is 0.450. The van der Waals surface area contributed by atoms with Crippen molar-refractivity contribution in [1.82, 2.24) is 0 Å². The van der Waals surface area contributed by atoms with Gasteiger partial charge >= 0.3 is 0 Å². The quantitative estimate of drug-likeness (QED) is 0.774. The molecule has 16 heavy (non-hydrogen) atoms. The molecule has 1 fully saturated rings. The zero-order valence-electron chi connectivity index (χ0n) is 11.1. The summed E-state index contributed by atoms with van der Waals surface area (Å²) in [6, 6.07) is 0. The van der Waals surface area contributed by atoms with Crippen LogP contribution in [-0.2, 0) is 4.74 Å². The van der Waals surface area contributed by atoms with Crippen molar-refractivity contribution in [3.8, 4) is 0 Å². The van der Waals surface area contributed by atoms with Crippen LogP contribution in [0.5, 0.6) is 0 Å². The Morgan fingerprint density at radius 1 is 1.56 bits per heavy atom. The van der Waals surface area contributed by atoms with Crippen molar-refractivity contribution in [1.29, 1.82) is 0 Å². The number of hydrogen-bond acceptors (Lipinski definition) is 3. The Balaban J connectivity index is 2.83. The van der Waals surface area contributed by atoms with E-state index in [2.05, 4.69) is 27.7 Å². The predicted octanol–water partition coefficient (Wildman–Crippen LogP) is 1.93. The molecule has 0 saturated carbocycles. The number of aliphatic hydroxyl groups is 1. The average molecular weight is 229 g/mol. The van der Waals surface area contributed by atoms with E-state index < -0.39 is 5.60 Å².